The molecule has 3 N–H and O–H groups in total. The number of esters is 1. The quantitative estimate of drug-likeness (QED) is 0.560. The number of carbonyl (C=O) groups excluding carboxylic acids is 3. The molecular formula is C21H24N2O7. The molecule has 0 bridgehead atoms. The minimum Gasteiger partial charge on any atom is -0.493 e. The van der Waals surface area contributed by atoms with Gasteiger partial charge in [0.15, 0.2) is 24.7 Å². The molecule has 0 aliphatic rings. The molecular weight excluding hydrogens is 392 g/mol. The molecule has 2 aromatic carbocycles. The summed E-state index contributed by atoms with van der Waals surface area (Å²) in [6, 6.07) is 10.4. The highest BCUT2D eigenvalue weighted by Crippen LogP contribution is 2.38. The number of nitrogens with two attached hydrogens (primary N) is 1. The number of benzene rings is 2. The molecule has 0 heterocycles. The predicted octanol–water partition coefficient (Wildman–Crippen LogP) is 1.35. The van der Waals surface area contributed by atoms with Crippen LogP contribution in [0, 0.1) is 6.92 Å². The standard InChI is InChI=1S/C21H24N2O7/c1-13-4-6-14(7-5-13)10-23-19(25)12-30-21(26)15-8-16(27-2)20(17(9-15)28-3)29-11-18(22)24/h4-9H,10-12H2,1-3H3,(H2,22,24)(H,23,25). The fourth-order valence-corrected chi connectivity index (χ4v) is 2.46. The van der Waals surface area contributed by atoms with Crippen LogP contribution in [-0.2, 0) is 20.9 Å². The Morgan fingerprint density at radius 2 is 1.57 bits per heavy atom. The van der Waals surface area contributed by atoms with Gasteiger partial charge in [-0.1, -0.05) is 29.8 Å². The molecule has 0 saturated carbocycles. The van der Waals surface area contributed by atoms with Crippen LogP contribution >= 0.6 is 0 Å². The number of ether oxygens (including phenoxy) is 4. The Hall–Kier alpha value is -3.75. The molecule has 2 amide bonds. The van der Waals surface area contributed by atoms with Gasteiger partial charge < -0.3 is 30.0 Å². The molecule has 0 aromatic heterocycles. The minimum absolute atomic E-state index is 0.0847. The van der Waals surface area contributed by atoms with E-state index in [1.165, 1.54) is 26.4 Å². The first-order valence-corrected chi connectivity index (χ1v) is 9.00. The minimum atomic E-state index is -0.751. The lowest BCUT2D eigenvalue weighted by Crippen LogP contribution is -2.28. The lowest BCUT2D eigenvalue weighted by molar-refractivity contribution is -0.124. The smallest absolute Gasteiger partial charge is 0.338 e. The number of amides is 2. The van der Waals surface area contributed by atoms with Crippen molar-refractivity contribution in [3.05, 3.63) is 53.1 Å². The maximum atomic E-state index is 12.3. The summed E-state index contributed by atoms with van der Waals surface area (Å²) in [5.41, 5.74) is 7.22. The zero-order valence-electron chi connectivity index (χ0n) is 17.0. The number of primary amides is 1. The van der Waals surface area contributed by atoms with Gasteiger partial charge in [0.25, 0.3) is 11.8 Å². The lowest BCUT2D eigenvalue weighted by atomic mass is 10.1. The molecule has 0 radical (unpaired) electrons. The molecule has 0 saturated heterocycles. The number of carbonyl (C=O) groups is 3. The van der Waals surface area contributed by atoms with Crippen molar-refractivity contribution in [3.8, 4) is 17.2 Å². The van der Waals surface area contributed by atoms with Crippen molar-refractivity contribution >= 4 is 17.8 Å². The monoisotopic (exact) mass is 416 g/mol. The van der Waals surface area contributed by atoms with E-state index in [0.717, 1.165) is 11.1 Å². The summed E-state index contributed by atoms with van der Waals surface area (Å²) >= 11 is 0. The summed E-state index contributed by atoms with van der Waals surface area (Å²) in [6.07, 6.45) is 0. The molecule has 30 heavy (non-hydrogen) atoms. The van der Waals surface area contributed by atoms with E-state index in [9.17, 15) is 14.4 Å². The molecule has 160 valence electrons. The molecule has 0 unspecified atom stereocenters. The van der Waals surface area contributed by atoms with E-state index in [-0.39, 0.29) is 22.8 Å². The van der Waals surface area contributed by atoms with Gasteiger partial charge in [-0.3, -0.25) is 9.59 Å². The van der Waals surface area contributed by atoms with Gasteiger partial charge in [0.1, 0.15) is 0 Å². The number of hydrogen-bond acceptors (Lipinski definition) is 7. The fraction of sp³-hybridized carbons (Fsp3) is 0.286. The van der Waals surface area contributed by atoms with Gasteiger partial charge in [-0.15, -0.1) is 0 Å². The highest BCUT2D eigenvalue weighted by molar-refractivity contribution is 5.93. The van der Waals surface area contributed by atoms with Crippen molar-refractivity contribution in [3.63, 3.8) is 0 Å². The van der Waals surface area contributed by atoms with Gasteiger partial charge in [0.05, 0.1) is 19.8 Å². The highest BCUT2D eigenvalue weighted by Gasteiger charge is 2.19. The van der Waals surface area contributed by atoms with Crippen LogP contribution in [0.3, 0.4) is 0 Å². The summed E-state index contributed by atoms with van der Waals surface area (Å²) in [6.45, 7) is 1.46. The number of nitrogens with one attached hydrogen (secondary N) is 1. The van der Waals surface area contributed by atoms with Crippen LogP contribution in [0.1, 0.15) is 21.5 Å². The van der Waals surface area contributed by atoms with Crippen LogP contribution in [0.2, 0.25) is 0 Å². The molecule has 0 fully saturated rings. The third-order valence-corrected chi connectivity index (χ3v) is 4.00. The van der Waals surface area contributed by atoms with E-state index < -0.39 is 31.0 Å². The van der Waals surface area contributed by atoms with Gasteiger partial charge in [-0.2, -0.15) is 0 Å². The maximum Gasteiger partial charge on any atom is 0.338 e. The summed E-state index contributed by atoms with van der Waals surface area (Å²) < 4.78 is 20.7. The third kappa shape index (κ3) is 6.40. The first-order valence-electron chi connectivity index (χ1n) is 9.00. The van der Waals surface area contributed by atoms with Crippen LogP contribution in [0.25, 0.3) is 0 Å². The summed E-state index contributed by atoms with van der Waals surface area (Å²) in [5.74, 6) is -1.47. The zero-order chi connectivity index (χ0) is 22.1. The van der Waals surface area contributed by atoms with Gasteiger partial charge in [0.2, 0.25) is 5.75 Å². The predicted molar refractivity (Wildman–Crippen MR) is 108 cm³/mol. The molecule has 9 nitrogen and oxygen atoms in total. The van der Waals surface area contributed by atoms with Crippen LogP contribution < -0.4 is 25.3 Å². The molecule has 0 aliphatic heterocycles. The van der Waals surface area contributed by atoms with E-state index >= 15 is 0 Å². The van der Waals surface area contributed by atoms with Crippen LogP contribution in [-0.4, -0.2) is 45.2 Å². The number of aryl methyl sites for hydroxylation is 1. The zero-order valence-corrected chi connectivity index (χ0v) is 17.0. The second-order valence-electron chi connectivity index (χ2n) is 6.30. The maximum absolute atomic E-state index is 12.3. The first kappa shape index (κ1) is 22.5. The van der Waals surface area contributed by atoms with Crippen LogP contribution in [0.5, 0.6) is 17.2 Å². The van der Waals surface area contributed by atoms with Crippen molar-refractivity contribution in [1.82, 2.24) is 5.32 Å². The summed E-state index contributed by atoms with van der Waals surface area (Å²) in [5, 5.41) is 2.68. The normalized spacial score (nSPS) is 10.1. The Labute approximate surface area is 174 Å². The Kier molecular flexibility index (Phi) is 8.04. The summed E-state index contributed by atoms with van der Waals surface area (Å²) in [4.78, 5) is 35.3. The third-order valence-electron chi connectivity index (χ3n) is 4.00. The van der Waals surface area contributed by atoms with Gasteiger partial charge in [-0.05, 0) is 24.6 Å². The Balaban J connectivity index is 1.99. The van der Waals surface area contributed by atoms with Crippen molar-refractivity contribution < 1.29 is 33.3 Å². The first-order chi connectivity index (χ1) is 14.3. The highest BCUT2D eigenvalue weighted by atomic mass is 16.5. The average Bonchev–Trinajstić information content (AvgIpc) is 2.74. The van der Waals surface area contributed by atoms with E-state index in [1.807, 2.05) is 31.2 Å². The second kappa shape index (κ2) is 10.7. The average molecular weight is 416 g/mol. The largest absolute Gasteiger partial charge is 0.493 e. The topological polar surface area (TPSA) is 126 Å². The Morgan fingerprint density at radius 1 is 0.967 bits per heavy atom. The SMILES string of the molecule is COc1cc(C(=O)OCC(=O)NCc2ccc(C)cc2)cc(OC)c1OCC(N)=O. The number of methoxy groups -OCH3 is 2. The van der Waals surface area contributed by atoms with Gasteiger partial charge >= 0.3 is 5.97 Å². The van der Waals surface area contributed by atoms with Crippen molar-refractivity contribution in [2.75, 3.05) is 27.4 Å². The van der Waals surface area contributed by atoms with E-state index in [1.54, 1.807) is 0 Å². The van der Waals surface area contributed by atoms with Crippen molar-refractivity contribution in [2.45, 2.75) is 13.5 Å². The molecule has 0 spiro atoms. The van der Waals surface area contributed by atoms with E-state index in [0.29, 0.717) is 6.54 Å². The summed E-state index contributed by atoms with van der Waals surface area (Å²) in [7, 11) is 2.72. The number of hydrogen-bond donors (Lipinski definition) is 2. The molecule has 2 rings (SSSR count). The molecule has 2 aromatic rings. The number of rotatable bonds is 10. The van der Waals surface area contributed by atoms with Gasteiger partial charge in [0, 0.05) is 6.54 Å². The second-order valence-corrected chi connectivity index (χ2v) is 6.30. The van der Waals surface area contributed by atoms with Crippen LogP contribution in [0.4, 0.5) is 0 Å². The van der Waals surface area contributed by atoms with Crippen molar-refractivity contribution in [1.29, 1.82) is 0 Å². The Morgan fingerprint density at radius 3 is 2.10 bits per heavy atom. The van der Waals surface area contributed by atoms with E-state index in [4.69, 9.17) is 24.7 Å². The lowest BCUT2D eigenvalue weighted by Gasteiger charge is -2.15. The van der Waals surface area contributed by atoms with Gasteiger partial charge in [-0.25, -0.2) is 4.79 Å². The molecule has 0 atom stereocenters. The molecule has 9 heteroatoms. The van der Waals surface area contributed by atoms with Crippen LogP contribution in [0.15, 0.2) is 36.4 Å². The molecule has 0 aliphatic carbocycles. The fourth-order valence-electron chi connectivity index (χ4n) is 2.46. The van der Waals surface area contributed by atoms with Crippen molar-refractivity contribution in [2.24, 2.45) is 5.73 Å². The van der Waals surface area contributed by atoms with E-state index in [2.05, 4.69) is 5.32 Å². The Bertz CT molecular complexity index is 885.